The molecule has 9 nitrogen and oxygen atoms in total. The van der Waals surface area contributed by atoms with Gasteiger partial charge in [-0.2, -0.15) is 0 Å². The third-order valence-corrected chi connectivity index (χ3v) is 3.97. The molecular weight excluding hydrogens is 332 g/mol. The van der Waals surface area contributed by atoms with E-state index in [4.69, 9.17) is 14.2 Å². The minimum atomic E-state index is -0.978. The maximum absolute atomic E-state index is 12.2. The van der Waals surface area contributed by atoms with Crippen LogP contribution in [0.15, 0.2) is 12.1 Å². The van der Waals surface area contributed by atoms with Crippen LogP contribution in [-0.2, 0) is 9.53 Å². The van der Waals surface area contributed by atoms with Crippen LogP contribution < -0.4 is 14.8 Å². The van der Waals surface area contributed by atoms with Gasteiger partial charge in [-0.25, -0.2) is 4.79 Å². The van der Waals surface area contributed by atoms with Crippen LogP contribution in [0.4, 0.5) is 5.69 Å². The van der Waals surface area contributed by atoms with E-state index in [-0.39, 0.29) is 23.1 Å². The SMILES string of the molecule is COc1cc(C(=O)OCC(=O)NC2CCCC2)c([N+](=O)[O-])cc1OC. The first-order chi connectivity index (χ1) is 12.0. The molecule has 1 saturated carbocycles. The van der Waals surface area contributed by atoms with Crippen molar-refractivity contribution in [3.05, 3.63) is 27.8 Å². The third-order valence-electron chi connectivity index (χ3n) is 3.97. The fourth-order valence-electron chi connectivity index (χ4n) is 2.73. The van der Waals surface area contributed by atoms with Crippen molar-refractivity contribution in [3.63, 3.8) is 0 Å². The number of nitro benzene ring substituents is 1. The van der Waals surface area contributed by atoms with E-state index in [2.05, 4.69) is 5.32 Å². The maximum Gasteiger partial charge on any atom is 0.345 e. The molecule has 0 heterocycles. The zero-order valence-corrected chi connectivity index (χ0v) is 14.1. The summed E-state index contributed by atoms with van der Waals surface area (Å²) in [5.74, 6) is -1.14. The van der Waals surface area contributed by atoms with Crippen molar-refractivity contribution in [1.82, 2.24) is 5.32 Å². The first-order valence-electron chi connectivity index (χ1n) is 7.83. The Labute approximate surface area is 144 Å². The van der Waals surface area contributed by atoms with Gasteiger partial charge in [0.15, 0.2) is 18.1 Å². The highest BCUT2D eigenvalue weighted by atomic mass is 16.6. The number of nitro groups is 1. The van der Waals surface area contributed by atoms with Gasteiger partial charge in [0.25, 0.3) is 11.6 Å². The standard InChI is InChI=1S/C16H20N2O7/c1-23-13-7-11(12(18(21)22)8-14(13)24-2)16(20)25-9-15(19)17-10-5-3-4-6-10/h7-8,10H,3-6,9H2,1-2H3,(H,17,19). The number of benzene rings is 1. The quantitative estimate of drug-likeness (QED) is 0.452. The molecule has 1 amide bonds. The van der Waals surface area contributed by atoms with Crippen molar-refractivity contribution in [1.29, 1.82) is 0 Å². The van der Waals surface area contributed by atoms with Gasteiger partial charge >= 0.3 is 5.97 Å². The van der Waals surface area contributed by atoms with Gasteiger partial charge in [0.1, 0.15) is 5.56 Å². The molecule has 0 atom stereocenters. The summed E-state index contributed by atoms with van der Waals surface area (Å²) in [5, 5.41) is 14.0. The number of carbonyl (C=O) groups is 2. The zero-order valence-electron chi connectivity index (χ0n) is 14.1. The summed E-state index contributed by atoms with van der Waals surface area (Å²) >= 11 is 0. The molecule has 1 aliphatic rings. The number of ether oxygens (including phenoxy) is 3. The van der Waals surface area contributed by atoms with Crippen molar-refractivity contribution in [2.24, 2.45) is 0 Å². The van der Waals surface area contributed by atoms with E-state index in [1.54, 1.807) is 0 Å². The van der Waals surface area contributed by atoms with Gasteiger partial charge in [-0.15, -0.1) is 0 Å². The summed E-state index contributed by atoms with van der Waals surface area (Å²) in [5.41, 5.74) is -0.796. The molecule has 0 spiro atoms. The topological polar surface area (TPSA) is 117 Å². The molecule has 2 rings (SSSR count). The minimum Gasteiger partial charge on any atom is -0.493 e. The molecule has 0 bridgehead atoms. The van der Waals surface area contributed by atoms with Crippen LogP contribution in [0.25, 0.3) is 0 Å². The zero-order chi connectivity index (χ0) is 18.4. The van der Waals surface area contributed by atoms with E-state index < -0.39 is 29.1 Å². The van der Waals surface area contributed by atoms with E-state index in [0.29, 0.717) is 0 Å². The van der Waals surface area contributed by atoms with Crippen molar-refractivity contribution >= 4 is 17.6 Å². The summed E-state index contributed by atoms with van der Waals surface area (Å²) < 4.78 is 14.9. The first-order valence-corrected chi connectivity index (χ1v) is 7.83. The highest BCUT2D eigenvalue weighted by Crippen LogP contribution is 2.34. The number of nitrogens with one attached hydrogen (secondary N) is 1. The smallest absolute Gasteiger partial charge is 0.345 e. The number of carbonyl (C=O) groups excluding carboxylic acids is 2. The van der Waals surface area contributed by atoms with Gasteiger partial charge < -0.3 is 19.5 Å². The number of esters is 1. The van der Waals surface area contributed by atoms with E-state index in [1.165, 1.54) is 14.2 Å². The highest BCUT2D eigenvalue weighted by molar-refractivity contribution is 5.96. The van der Waals surface area contributed by atoms with Gasteiger partial charge in [-0.3, -0.25) is 14.9 Å². The lowest BCUT2D eigenvalue weighted by atomic mass is 10.1. The summed E-state index contributed by atoms with van der Waals surface area (Å²) in [6.07, 6.45) is 3.92. The normalized spacial score (nSPS) is 14.0. The monoisotopic (exact) mass is 352 g/mol. The average Bonchev–Trinajstić information content (AvgIpc) is 3.11. The number of methoxy groups -OCH3 is 2. The Bertz CT molecular complexity index is 669. The molecule has 1 aromatic rings. The molecule has 0 aromatic heterocycles. The lowest BCUT2D eigenvalue weighted by Crippen LogP contribution is -2.35. The fraction of sp³-hybridized carbons (Fsp3) is 0.500. The van der Waals surface area contributed by atoms with Crippen molar-refractivity contribution < 1.29 is 28.7 Å². The van der Waals surface area contributed by atoms with Gasteiger partial charge in [-0.05, 0) is 12.8 Å². The molecule has 1 aliphatic carbocycles. The Balaban J connectivity index is 2.09. The van der Waals surface area contributed by atoms with Crippen LogP contribution in [0.5, 0.6) is 11.5 Å². The second kappa shape index (κ2) is 8.32. The summed E-state index contributed by atoms with van der Waals surface area (Å²) in [6.45, 7) is -0.499. The Morgan fingerprint density at radius 3 is 2.36 bits per heavy atom. The van der Waals surface area contributed by atoms with Crippen LogP contribution in [0, 0.1) is 10.1 Å². The predicted molar refractivity (Wildman–Crippen MR) is 86.9 cm³/mol. The largest absolute Gasteiger partial charge is 0.493 e. The van der Waals surface area contributed by atoms with Gasteiger partial charge in [0.05, 0.1) is 25.2 Å². The summed E-state index contributed by atoms with van der Waals surface area (Å²) in [4.78, 5) is 34.4. The van der Waals surface area contributed by atoms with Crippen molar-refractivity contribution in [2.45, 2.75) is 31.7 Å². The molecule has 0 saturated heterocycles. The Morgan fingerprint density at radius 1 is 1.20 bits per heavy atom. The third kappa shape index (κ3) is 4.59. The number of hydrogen-bond acceptors (Lipinski definition) is 7. The molecule has 9 heteroatoms. The minimum absolute atomic E-state index is 0.0987. The number of hydrogen-bond donors (Lipinski definition) is 1. The van der Waals surface area contributed by atoms with Crippen LogP contribution >= 0.6 is 0 Å². The Hall–Kier alpha value is -2.84. The maximum atomic E-state index is 12.2. The predicted octanol–water partition coefficient (Wildman–Crippen LogP) is 1.83. The molecule has 25 heavy (non-hydrogen) atoms. The van der Waals surface area contributed by atoms with Gasteiger partial charge in [0, 0.05) is 12.1 Å². The second-order valence-electron chi connectivity index (χ2n) is 5.61. The first kappa shape index (κ1) is 18.5. The van der Waals surface area contributed by atoms with E-state index in [1.807, 2.05) is 0 Å². The molecule has 0 unspecified atom stereocenters. The van der Waals surface area contributed by atoms with Crippen LogP contribution in [-0.4, -0.2) is 43.7 Å². The summed E-state index contributed by atoms with van der Waals surface area (Å²) in [7, 11) is 2.67. The molecule has 0 radical (unpaired) electrons. The lowest BCUT2D eigenvalue weighted by molar-refractivity contribution is -0.385. The van der Waals surface area contributed by atoms with Gasteiger partial charge in [-0.1, -0.05) is 12.8 Å². The molecule has 0 aliphatic heterocycles. The number of nitrogens with zero attached hydrogens (tertiary/aromatic N) is 1. The summed E-state index contributed by atoms with van der Waals surface area (Å²) in [6, 6.07) is 2.34. The molecular formula is C16H20N2O7. The number of rotatable bonds is 7. The Morgan fingerprint density at radius 2 is 1.80 bits per heavy atom. The van der Waals surface area contributed by atoms with Crippen LogP contribution in [0.2, 0.25) is 0 Å². The van der Waals surface area contributed by atoms with E-state index >= 15 is 0 Å². The molecule has 1 aromatic carbocycles. The van der Waals surface area contributed by atoms with E-state index in [0.717, 1.165) is 37.8 Å². The number of amides is 1. The van der Waals surface area contributed by atoms with Crippen LogP contribution in [0.1, 0.15) is 36.0 Å². The average molecular weight is 352 g/mol. The molecule has 136 valence electrons. The molecule has 1 N–H and O–H groups in total. The van der Waals surface area contributed by atoms with Crippen LogP contribution in [0.3, 0.4) is 0 Å². The fourth-order valence-corrected chi connectivity index (χ4v) is 2.73. The second-order valence-corrected chi connectivity index (χ2v) is 5.61. The molecule has 1 fully saturated rings. The van der Waals surface area contributed by atoms with Crippen molar-refractivity contribution in [2.75, 3.05) is 20.8 Å². The highest BCUT2D eigenvalue weighted by Gasteiger charge is 2.26. The lowest BCUT2D eigenvalue weighted by Gasteiger charge is -2.13. The Kier molecular flexibility index (Phi) is 6.15. The van der Waals surface area contributed by atoms with Gasteiger partial charge in [0.2, 0.25) is 0 Å². The van der Waals surface area contributed by atoms with Crippen molar-refractivity contribution in [3.8, 4) is 11.5 Å². The van der Waals surface area contributed by atoms with E-state index in [9.17, 15) is 19.7 Å².